The van der Waals surface area contributed by atoms with Crippen molar-refractivity contribution in [3.05, 3.63) is 46.9 Å². The molecule has 0 saturated carbocycles. The molecule has 23 heavy (non-hydrogen) atoms. The van der Waals surface area contributed by atoms with Crippen molar-refractivity contribution in [2.24, 2.45) is 0 Å². The van der Waals surface area contributed by atoms with Gasteiger partial charge < -0.3 is 10.1 Å². The molecule has 0 bridgehead atoms. The van der Waals surface area contributed by atoms with E-state index in [2.05, 4.69) is 20.3 Å². The molecule has 3 heterocycles. The number of fused-ring (bicyclic) bond motifs is 1. The van der Waals surface area contributed by atoms with E-state index in [0.717, 1.165) is 21.3 Å². The van der Waals surface area contributed by atoms with Gasteiger partial charge >= 0.3 is 5.97 Å². The molecule has 0 saturated heterocycles. The zero-order valence-electron chi connectivity index (χ0n) is 12.9. The summed E-state index contributed by atoms with van der Waals surface area (Å²) < 4.78 is 5.10. The quantitative estimate of drug-likeness (QED) is 0.725. The smallest absolute Gasteiger partial charge is 0.348 e. The molecule has 6 nitrogen and oxygen atoms in total. The van der Waals surface area contributed by atoms with Crippen LogP contribution in [0.25, 0.3) is 10.2 Å². The van der Waals surface area contributed by atoms with E-state index in [1.54, 1.807) is 19.3 Å². The highest BCUT2D eigenvalue weighted by molar-refractivity contribution is 7.20. The minimum Gasteiger partial charge on any atom is -0.462 e. The topological polar surface area (TPSA) is 77.0 Å². The van der Waals surface area contributed by atoms with Crippen LogP contribution in [0.15, 0.2) is 30.9 Å². The van der Waals surface area contributed by atoms with E-state index < -0.39 is 0 Å². The summed E-state index contributed by atoms with van der Waals surface area (Å²) in [7, 11) is 0. The fourth-order valence-electron chi connectivity index (χ4n) is 2.29. The molecule has 0 aliphatic heterocycles. The van der Waals surface area contributed by atoms with Gasteiger partial charge in [-0.15, -0.1) is 11.3 Å². The van der Waals surface area contributed by atoms with E-state index in [-0.39, 0.29) is 5.97 Å². The summed E-state index contributed by atoms with van der Waals surface area (Å²) in [4.78, 5) is 26.1. The molecular weight excluding hydrogens is 312 g/mol. The summed E-state index contributed by atoms with van der Waals surface area (Å²) in [5.41, 5.74) is 1.90. The fraction of sp³-hybridized carbons (Fsp3) is 0.250. The van der Waals surface area contributed by atoms with Crippen molar-refractivity contribution in [3.8, 4) is 0 Å². The average Bonchev–Trinajstić information content (AvgIpc) is 2.92. The molecule has 1 N–H and O–H groups in total. The van der Waals surface area contributed by atoms with E-state index in [4.69, 9.17) is 4.74 Å². The lowest BCUT2D eigenvalue weighted by Gasteiger charge is -2.07. The zero-order valence-corrected chi connectivity index (χ0v) is 13.7. The van der Waals surface area contributed by atoms with Gasteiger partial charge in [0.2, 0.25) is 0 Å². The van der Waals surface area contributed by atoms with Crippen LogP contribution in [0.4, 0.5) is 5.82 Å². The normalized spacial score (nSPS) is 10.7. The molecule has 0 radical (unpaired) electrons. The Morgan fingerprint density at radius 2 is 2.26 bits per heavy atom. The van der Waals surface area contributed by atoms with Gasteiger partial charge in [-0.1, -0.05) is 6.07 Å². The van der Waals surface area contributed by atoms with Gasteiger partial charge in [-0.2, -0.15) is 0 Å². The number of aromatic nitrogens is 3. The number of esters is 1. The SMILES string of the molecule is CCOC(=O)c1sc2ncnc(NCc3cccnc3)c2c1C. The van der Waals surface area contributed by atoms with Crippen LogP contribution in [0.3, 0.4) is 0 Å². The van der Waals surface area contributed by atoms with Gasteiger partial charge in [-0.05, 0) is 31.0 Å². The van der Waals surface area contributed by atoms with Crippen molar-refractivity contribution < 1.29 is 9.53 Å². The largest absolute Gasteiger partial charge is 0.462 e. The van der Waals surface area contributed by atoms with Gasteiger partial charge in [-0.3, -0.25) is 4.98 Å². The number of ether oxygens (including phenoxy) is 1. The van der Waals surface area contributed by atoms with Crippen molar-refractivity contribution in [2.45, 2.75) is 20.4 Å². The zero-order chi connectivity index (χ0) is 16.2. The predicted octanol–water partition coefficient (Wildman–Crippen LogP) is 3.18. The number of rotatable bonds is 5. The maximum Gasteiger partial charge on any atom is 0.348 e. The van der Waals surface area contributed by atoms with E-state index >= 15 is 0 Å². The summed E-state index contributed by atoms with van der Waals surface area (Å²) in [5.74, 6) is 0.398. The monoisotopic (exact) mass is 328 g/mol. The first-order chi connectivity index (χ1) is 11.2. The molecule has 0 amide bonds. The summed E-state index contributed by atoms with van der Waals surface area (Å²) in [5, 5.41) is 4.16. The molecule has 0 aliphatic carbocycles. The Hall–Kier alpha value is -2.54. The molecular formula is C16H16N4O2S. The van der Waals surface area contributed by atoms with Crippen LogP contribution in [-0.4, -0.2) is 27.5 Å². The first-order valence-corrected chi connectivity index (χ1v) is 8.06. The van der Waals surface area contributed by atoms with Crippen LogP contribution in [0.1, 0.15) is 27.7 Å². The molecule has 3 aromatic heterocycles. The third-order valence-electron chi connectivity index (χ3n) is 3.37. The number of nitrogens with zero attached hydrogens (tertiary/aromatic N) is 3. The van der Waals surface area contributed by atoms with Crippen LogP contribution in [0.5, 0.6) is 0 Å². The summed E-state index contributed by atoms with van der Waals surface area (Å²) in [6, 6.07) is 3.88. The third kappa shape index (κ3) is 3.14. The first-order valence-electron chi connectivity index (χ1n) is 7.24. The van der Waals surface area contributed by atoms with Crippen LogP contribution in [-0.2, 0) is 11.3 Å². The Bertz CT molecular complexity index is 833. The van der Waals surface area contributed by atoms with Crippen LogP contribution in [0, 0.1) is 6.92 Å². The second kappa shape index (κ2) is 6.70. The Labute approximate surface area is 137 Å². The number of carbonyl (C=O) groups excluding carboxylic acids is 1. The molecule has 118 valence electrons. The minimum atomic E-state index is -0.314. The molecule has 7 heteroatoms. The first kappa shape index (κ1) is 15.4. The van der Waals surface area contributed by atoms with Crippen molar-refractivity contribution in [1.82, 2.24) is 15.0 Å². The van der Waals surface area contributed by atoms with Crippen LogP contribution in [0.2, 0.25) is 0 Å². The van der Waals surface area contributed by atoms with Gasteiger partial charge in [-0.25, -0.2) is 14.8 Å². The molecule has 0 aromatic carbocycles. The number of carbonyl (C=O) groups is 1. The van der Waals surface area contributed by atoms with Crippen LogP contribution >= 0.6 is 11.3 Å². The van der Waals surface area contributed by atoms with Crippen molar-refractivity contribution in [3.63, 3.8) is 0 Å². The number of hydrogen-bond acceptors (Lipinski definition) is 7. The molecule has 3 rings (SSSR count). The summed E-state index contributed by atoms with van der Waals surface area (Å²) >= 11 is 1.33. The van der Waals surface area contributed by atoms with Gasteiger partial charge in [0.15, 0.2) is 0 Å². The predicted molar refractivity (Wildman–Crippen MR) is 89.7 cm³/mol. The second-order valence-electron chi connectivity index (χ2n) is 4.89. The molecule has 0 unspecified atom stereocenters. The number of anilines is 1. The average molecular weight is 328 g/mol. The van der Waals surface area contributed by atoms with Crippen LogP contribution < -0.4 is 5.32 Å². The molecule has 3 aromatic rings. The number of aryl methyl sites for hydroxylation is 1. The number of nitrogens with one attached hydrogen (secondary N) is 1. The summed E-state index contributed by atoms with van der Waals surface area (Å²) in [6.07, 6.45) is 5.04. The highest BCUT2D eigenvalue weighted by Crippen LogP contribution is 2.33. The Morgan fingerprint density at radius 3 is 3.00 bits per heavy atom. The van der Waals surface area contributed by atoms with E-state index in [1.165, 1.54) is 17.7 Å². The fourth-order valence-corrected chi connectivity index (χ4v) is 3.33. The van der Waals surface area contributed by atoms with Crippen molar-refractivity contribution in [2.75, 3.05) is 11.9 Å². The number of hydrogen-bond donors (Lipinski definition) is 1. The van der Waals surface area contributed by atoms with Gasteiger partial charge in [0.25, 0.3) is 0 Å². The Kier molecular flexibility index (Phi) is 4.47. The van der Waals surface area contributed by atoms with Crippen molar-refractivity contribution >= 4 is 33.3 Å². The highest BCUT2D eigenvalue weighted by Gasteiger charge is 2.19. The number of pyridine rings is 1. The van der Waals surface area contributed by atoms with Gasteiger partial charge in [0, 0.05) is 18.9 Å². The van der Waals surface area contributed by atoms with Crippen molar-refractivity contribution in [1.29, 1.82) is 0 Å². The molecule has 0 atom stereocenters. The standard InChI is InChI=1S/C16H16N4O2S/c1-3-22-16(21)13-10(2)12-14(19-9-20-15(12)23-13)18-8-11-5-4-6-17-7-11/h4-7,9H,3,8H2,1-2H3,(H,18,19,20). The van der Waals surface area contributed by atoms with E-state index in [0.29, 0.717) is 23.8 Å². The van der Waals surface area contributed by atoms with E-state index in [9.17, 15) is 4.79 Å². The number of thiophene rings is 1. The molecule has 0 aliphatic rings. The lowest BCUT2D eigenvalue weighted by Crippen LogP contribution is -2.04. The summed E-state index contributed by atoms with van der Waals surface area (Å²) in [6.45, 7) is 4.64. The molecule has 0 spiro atoms. The third-order valence-corrected chi connectivity index (χ3v) is 4.55. The van der Waals surface area contributed by atoms with Gasteiger partial charge in [0.05, 0.1) is 12.0 Å². The lowest BCUT2D eigenvalue weighted by molar-refractivity contribution is 0.0531. The van der Waals surface area contributed by atoms with Gasteiger partial charge in [0.1, 0.15) is 21.9 Å². The lowest BCUT2D eigenvalue weighted by atomic mass is 10.2. The maximum atomic E-state index is 12.0. The minimum absolute atomic E-state index is 0.314. The maximum absolute atomic E-state index is 12.0. The second-order valence-corrected chi connectivity index (χ2v) is 5.89. The highest BCUT2D eigenvalue weighted by atomic mass is 32.1. The Morgan fingerprint density at radius 1 is 1.39 bits per heavy atom. The molecule has 0 fully saturated rings. The van der Waals surface area contributed by atoms with E-state index in [1.807, 2.05) is 19.1 Å². The Balaban J connectivity index is 1.93.